The van der Waals surface area contributed by atoms with Crippen LogP contribution in [-0.4, -0.2) is 25.6 Å². The van der Waals surface area contributed by atoms with Gasteiger partial charge in [0.1, 0.15) is 23.6 Å². The Balaban J connectivity index is 1.31. The average molecular weight is 440 g/mol. The van der Waals surface area contributed by atoms with E-state index in [1.807, 2.05) is 6.07 Å². The second-order valence-corrected chi connectivity index (χ2v) is 7.07. The number of hydrogen-bond acceptors (Lipinski definition) is 5. The summed E-state index contributed by atoms with van der Waals surface area (Å²) in [6, 6.07) is 17.5. The molecule has 2 heterocycles. The van der Waals surface area contributed by atoms with Gasteiger partial charge in [0.05, 0.1) is 17.2 Å². The standard InChI is InChI=1S/C24H17FN6O2/c25-16-3-1-4-17(11-16)28-24(32)29-18-5-2-6-19(12-18)33-20-7-8-21-22(13-20)30-23(14-27-21)31-10-9-26-15-31/h1-15H,(H2,28,29,32). The van der Waals surface area contributed by atoms with E-state index in [1.54, 1.807) is 71.9 Å². The lowest BCUT2D eigenvalue weighted by atomic mass is 10.2. The molecule has 3 aromatic carbocycles. The quantitative estimate of drug-likeness (QED) is 0.382. The molecular formula is C24H17FN6O2. The molecular weight excluding hydrogens is 423 g/mol. The van der Waals surface area contributed by atoms with Gasteiger partial charge in [-0.25, -0.2) is 19.2 Å². The summed E-state index contributed by atoms with van der Waals surface area (Å²) in [4.78, 5) is 25.3. The SMILES string of the molecule is O=C(Nc1cccc(F)c1)Nc1cccc(Oc2ccc3ncc(-n4ccnc4)nc3c2)c1. The van der Waals surface area contributed by atoms with Crippen LogP contribution in [0.3, 0.4) is 0 Å². The van der Waals surface area contributed by atoms with Gasteiger partial charge in [-0.3, -0.25) is 9.55 Å². The third kappa shape index (κ3) is 4.77. The van der Waals surface area contributed by atoms with E-state index < -0.39 is 11.8 Å². The van der Waals surface area contributed by atoms with Gasteiger partial charge in [0.2, 0.25) is 0 Å². The maximum atomic E-state index is 13.3. The van der Waals surface area contributed by atoms with Crippen molar-refractivity contribution in [1.29, 1.82) is 0 Å². The van der Waals surface area contributed by atoms with Crippen molar-refractivity contribution in [2.45, 2.75) is 0 Å². The second kappa shape index (κ2) is 8.75. The van der Waals surface area contributed by atoms with E-state index in [-0.39, 0.29) is 0 Å². The predicted molar refractivity (Wildman–Crippen MR) is 122 cm³/mol. The topological polar surface area (TPSA) is 94.0 Å². The maximum absolute atomic E-state index is 13.3. The molecule has 0 saturated heterocycles. The predicted octanol–water partition coefficient (Wildman–Crippen LogP) is 5.39. The number of amides is 2. The molecule has 0 atom stereocenters. The molecule has 5 aromatic rings. The summed E-state index contributed by atoms with van der Waals surface area (Å²) in [7, 11) is 0. The van der Waals surface area contributed by atoms with Gasteiger partial charge in [-0.1, -0.05) is 12.1 Å². The molecule has 5 rings (SSSR count). The molecule has 0 unspecified atom stereocenters. The molecule has 0 spiro atoms. The van der Waals surface area contributed by atoms with Gasteiger partial charge >= 0.3 is 6.03 Å². The van der Waals surface area contributed by atoms with Gasteiger partial charge in [0.15, 0.2) is 5.82 Å². The molecule has 33 heavy (non-hydrogen) atoms. The fourth-order valence-corrected chi connectivity index (χ4v) is 3.20. The number of urea groups is 1. The van der Waals surface area contributed by atoms with E-state index in [2.05, 4.69) is 25.6 Å². The lowest BCUT2D eigenvalue weighted by Gasteiger charge is -2.11. The van der Waals surface area contributed by atoms with Crippen molar-refractivity contribution in [2.75, 3.05) is 10.6 Å². The van der Waals surface area contributed by atoms with Gasteiger partial charge in [-0.05, 0) is 42.5 Å². The van der Waals surface area contributed by atoms with Crippen LogP contribution in [0.4, 0.5) is 20.6 Å². The minimum absolute atomic E-state index is 0.354. The minimum Gasteiger partial charge on any atom is -0.457 e. The van der Waals surface area contributed by atoms with Crippen LogP contribution in [0.1, 0.15) is 0 Å². The van der Waals surface area contributed by atoms with Crippen molar-refractivity contribution in [3.05, 3.63) is 97.5 Å². The molecule has 2 aromatic heterocycles. The molecule has 0 aliphatic heterocycles. The number of carbonyl (C=O) groups excluding carboxylic acids is 1. The van der Waals surface area contributed by atoms with Crippen molar-refractivity contribution < 1.29 is 13.9 Å². The molecule has 0 fully saturated rings. The molecule has 0 saturated carbocycles. The Labute approximate surface area is 187 Å². The number of ether oxygens (including phenoxy) is 1. The molecule has 2 N–H and O–H groups in total. The first kappa shape index (κ1) is 20.1. The first-order chi connectivity index (χ1) is 16.1. The molecule has 2 amide bonds. The normalized spacial score (nSPS) is 10.7. The molecule has 162 valence electrons. The third-order valence-electron chi connectivity index (χ3n) is 4.68. The number of nitrogens with one attached hydrogen (secondary N) is 2. The smallest absolute Gasteiger partial charge is 0.323 e. The largest absolute Gasteiger partial charge is 0.457 e. The third-order valence-corrected chi connectivity index (χ3v) is 4.68. The summed E-state index contributed by atoms with van der Waals surface area (Å²) in [5.41, 5.74) is 2.27. The molecule has 0 radical (unpaired) electrons. The first-order valence-electron chi connectivity index (χ1n) is 9.99. The van der Waals surface area contributed by atoms with Gasteiger partial charge in [0.25, 0.3) is 0 Å². The van der Waals surface area contributed by atoms with E-state index in [1.165, 1.54) is 18.2 Å². The first-order valence-corrected chi connectivity index (χ1v) is 9.99. The number of fused-ring (bicyclic) bond motifs is 1. The van der Waals surface area contributed by atoms with Crippen LogP contribution in [0.25, 0.3) is 16.9 Å². The van der Waals surface area contributed by atoms with E-state index >= 15 is 0 Å². The summed E-state index contributed by atoms with van der Waals surface area (Å²) in [5.74, 6) is 1.31. The number of nitrogens with zero attached hydrogens (tertiary/aromatic N) is 4. The zero-order valence-corrected chi connectivity index (χ0v) is 17.1. The molecule has 9 heteroatoms. The van der Waals surface area contributed by atoms with Crippen molar-refractivity contribution in [3.8, 4) is 17.3 Å². The zero-order chi connectivity index (χ0) is 22.6. The molecule has 0 bridgehead atoms. The Bertz CT molecular complexity index is 1440. The van der Waals surface area contributed by atoms with E-state index in [0.717, 1.165) is 5.52 Å². The Morgan fingerprint density at radius 3 is 2.48 bits per heavy atom. The Morgan fingerprint density at radius 2 is 1.70 bits per heavy atom. The van der Waals surface area contributed by atoms with Crippen LogP contribution in [0.5, 0.6) is 11.5 Å². The monoisotopic (exact) mass is 440 g/mol. The minimum atomic E-state index is -0.495. The fraction of sp³-hybridized carbons (Fsp3) is 0. The highest BCUT2D eigenvalue weighted by Crippen LogP contribution is 2.26. The highest BCUT2D eigenvalue weighted by molar-refractivity contribution is 5.99. The van der Waals surface area contributed by atoms with Crippen molar-refractivity contribution in [2.24, 2.45) is 0 Å². The molecule has 0 aliphatic rings. The number of aromatic nitrogens is 4. The average Bonchev–Trinajstić information content (AvgIpc) is 3.34. The Hall–Kier alpha value is -4.79. The fourth-order valence-electron chi connectivity index (χ4n) is 3.20. The highest BCUT2D eigenvalue weighted by Gasteiger charge is 2.07. The van der Waals surface area contributed by atoms with Crippen molar-refractivity contribution in [1.82, 2.24) is 19.5 Å². The summed E-state index contributed by atoms with van der Waals surface area (Å²) in [6.07, 6.45) is 6.79. The van der Waals surface area contributed by atoms with Crippen molar-refractivity contribution >= 4 is 28.4 Å². The van der Waals surface area contributed by atoms with Gasteiger partial charge in [-0.2, -0.15) is 0 Å². The molecule has 0 aliphatic carbocycles. The molecule has 8 nitrogen and oxygen atoms in total. The summed E-state index contributed by atoms with van der Waals surface area (Å²) >= 11 is 0. The number of rotatable bonds is 5. The highest BCUT2D eigenvalue weighted by atomic mass is 19.1. The van der Waals surface area contributed by atoms with Crippen LogP contribution in [0.15, 0.2) is 91.6 Å². The lowest BCUT2D eigenvalue weighted by molar-refractivity contribution is 0.262. The van der Waals surface area contributed by atoms with E-state index in [4.69, 9.17) is 4.74 Å². The van der Waals surface area contributed by atoms with Crippen LogP contribution >= 0.6 is 0 Å². The van der Waals surface area contributed by atoms with E-state index in [0.29, 0.717) is 34.2 Å². The Kier molecular flexibility index (Phi) is 5.34. The van der Waals surface area contributed by atoms with E-state index in [9.17, 15) is 9.18 Å². The number of halogens is 1. The summed E-state index contributed by atoms with van der Waals surface area (Å²) < 4.78 is 21.0. The lowest BCUT2D eigenvalue weighted by Crippen LogP contribution is -2.19. The summed E-state index contributed by atoms with van der Waals surface area (Å²) in [6.45, 7) is 0. The van der Waals surface area contributed by atoms with Crippen molar-refractivity contribution in [3.63, 3.8) is 0 Å². The maximum Gasteiger partial charge on any atom is 0.323 e. The van der Waals surface area contributed by atoms with Crippen LogP contribution in [-0.2, 0) is 0 Å². The van der Waals surface area contributed by atoms with Gasteiger partial charge in [0, 0.05) is 35.9 Å². The Morgan fingerprint density at radius 1 is 0.909 bits per heavy atom. The van der Waals surface area contributed by atoms with Gasteiger partial charge < -0.3 is 15.4 Å². The van der Waals surface area contributed by atoms with Crippen LogP contribution < -0.4 is 15.4 Å². The number of hydrogen-bond donors (Lipinski definition) is 2. The number of carbonyl (C=O) groups is 1. The number of benzene rings is 3. The zero-order valence-electron chi connectivity index (χ0n) is 17.1. The summed E-state index contributed by atoms with van der Waals surface area (Å²) in [5, 5.41) is 5.29. The number of imidazole rings is 1. The van der Waals surface area contributed by atoms with Crippen LogP contribution in [0, 0.1) is 5.82 Å². The van der Waals surface area contributed by atoms with Crippen LogP contribution in [0.2, 0.25) is 0 Å². The van der Waals surface area contributed by atoms with Gasteiger partial charge in [-0.15, -0.1) is 0 Å². The number of anilines is 2. The second-order valence-electron chi connectivity index (χ2n) is 7.07.